The molecule has 0 aliphatic carbocycles. The lowest BCUT2D eigenvalue weighted by molar-refractivity contribution is -0.126. The van der Waals surface area contributed by atoms with Gasteiger partial charge in [-0.1, -0.05) is 42.5 Å². The highest BCUT2D eigenvalue weighted by Crippen LogP contribution is 2.31. The van der Waals surface area contributed by atoms with Crippen LogP contribution in [0.5, 0.6) is 0 Å². The smallest absolute Gasteiger partial charge is 0.239 e. The Kier molecular flexibility index (Phi) is 10.1. The Balaban J connectivity index is 1.48. The van der Waals surface area contributed by atoms with E-state index in [2.05, 4.69) is 64.8 Å². The number of fused-ring (bicyclic) bond motifs is 1. The zero-order valence-corrected chi connectivity index (χ0v) is 21.0. The van der Waals surface area contributed by atoms with Crippen LogP contribution in [0.3, 0.4) is 0 Å². The third-order valence-corrected chi connectivity index (χ3v) is 7.30. The number of likely N-dealkylation sites (tertiary alicyclic amines) is 1. The predicted molar refractivity (Wildman–Crippen MR) is 138 cm³/mol. The van der Waals surface area contributed by atoms with Gasteiger partial charge in [0, 0.05) is 25.6 Å². The molecule has 35 heavy (non-hydrogen) atoms. The molecule has 1 fully saturated rings. The van der Waals surface area contributed by atoms with Crippen LogP contribution >= 0.6 is 0 Å². The SMILES string of the molecule is C#CCCNC(=O)CNC(=O)CN(CC1CCN(C(C)c2cccc3ccccc23)CC1)[SH](=O)=O. The van der Waals surface area contributed by atoms with Crippen molar-refractivity contribution in [2.75, 3.05) is 39.3 Å². The maximum atomic E-state index is 12.2. The van der Waals surface area contributed by atoms with Crippen LogP contribution in [0.1, 0.15) is 37.8 Å². The predicted octanol–water partition coefficient (Wildman–Crippen LogP) is 1.70. The van der Waals surface area contributed by atoms with Crippen LogP contribution in [0, 0.1) is 18.3 Å². The fraction of sp³-hybridized carbons (Fsp3) is 0.462. The summed E-state index contributed by atoms with van der Waals surface area (Å²) < 4.78 is 24.7. The second-order valence-corrected chi connectivity index (χ2v) is 9.93. The van der Waals surface area contributed by atoms with E-state index in [0.29, 0.717) is 19.5 Å². The lowest BCUT2D eigenvalue weighted by atomic mass is 9.93. The maximum absolute atomic E-state index is 12.2. The number of hydrogen-bond donors (Lipinski definition) is 3. The van der Waals surface area contributed by atoms with Gasteiger partial charge in [0.15, 0.2) is 0 Å². The van der Waals surface area contributed by atoms with Crippen LogP contribution in [-0.2, 0) is 20.5 Å². The number of rotatable bonds is 11. The van der Waals surface area contributed by atoms with Crippen LogP contribution in [0.4, 0.5) is 0 Å². The number of hydrogen-bond acceptors (Lipinski definition) is 5. The second-order valence-electron chi connectivity index (χ2n) is 8.89. The molecule has 0 saturated carbocycles. The van der Waals surface area contributed by atoms with Crippen molar-refractivity contribution < 1.29 is 18.0 Å². The average Bonchev–Trinajstić information content (AvgIpc) is 2.87. The van der Waals surface area contributed by atoms with Gasteiger partial charge in [-0.2, -0.15) is 4.31 Å². The number of nitrogens with one attached hydrogen (secondary N) is 2. The minimum atomic E-state index is -2.90. The molecule has 2 aromatic carbocycles. The van der Waals surface area contributed by atoms with Crippen LogP contribution in [0.15, 0.2) is 42.5 Å². The van der Waals surface area contributed by atoms with Gasteiger partial charge in [0.25, 0.3) is 0 Å². The minimum Gasteiger partial charge on any atom is -0.354 e. The third-order valence-electron chi connectivity index (χ3n) is 6.53. The van der Waals surface area contributed by atoms with E-state index in [1.807, 2.05) is 6.07 Å². The zero-order valence-electron chi connectivity index (χ0n) is 20.1. The van der Waals surface area contributed by atoms with E-state index < -0.39 is 16.8 Å². The average molecular weight is 499 g/mol. The number of benzene rings is 2. The van der Waals surface area contributed by atoms with Gasteiger partial charge in [-0.15, -0.1) is 12.3 Å². The van der Waals surface area contributed by atoms with Gasteiger partial charge in [0.05, 0.1) is 13.1 Å². The fourth-order valence-corrected chi connectivity index (χ4v) is 5.17. The largest absolute Gasteiger partial charge is 0.354 e. The van der Waals surface area contributed by atoms with E-state index in [1.54, 1.807) is 0 Å². The summed E-state index contributed by atoms with van der Waals surface area (Å²) in [4.78, 5) is 26.3. The minimum absolute atomic E-state index is 0.179. The Morgan fingerprint density at radius 1 is 1.11 bits per heavy atom. The number of carbonyl (C=O) groups is 2. The molecule has 0 radical (unpaired) electrons. The zero-order chi connectivity index (χ0) is 25.2. The number of amides is 2. The molecule has 188 valence electrons. The van der Waals surface area contributed by atoms with Crippen molar-refractivity contribution in [1.29, 1.82) is 0 Å². The van der Waals surface area contributed by atoms with Crippen molar-refractivity contribution >= 4 is 33.5 Å². The van der Waals surface area contributed by atoms with Crippen LogP contribution in [0.25, 0.3) is 10.8 Å². The molecule has 8 nitrogen and oxygen atoms in total. The Morgan fingerprint density at radius 3 is 2.54 bits per heavy atom. The maximum Gasteiger partial charge on any atom is 0.239 e. The van der Waals surface area contributed by atoms with Gasteiger partial charge in [-0.05, 0) is 55.1 Å². The lowest BCUT2D eigenvalue weighted by Crippen LogP contribution is -2.44. The van der Waals surface area contributed by atoms with Gasteiger partial charge in [-0.3, -0.25) is 14.5 Å². The summed E-state index contributed by atoms with van der Waals surface area (Å²) in [6.45, 7) is 4.08. The molecule has 1 heterocycles. The van der Waals surface area contributed by atoms with Gasteiger partial charge < -0.3 is 10.6 Å². The molecule has 2 amide bonds. The molecule has 0 spiro atoms. The Labute approximate surface area is 209 Å². The third kappa shape index (κ3) is 7.79. The van der Waals surface area contributed by atoms with Crippen molar-refractivity contribution in [3.63, 3.8) is 0 Å². The summed E-state index contributed by atoms with van der Waals surface area (Å²) >= 11 is 0. The highest BCUT2D eigenvalue weighted by Gasteiger charge is 2.27. The van der Waals surface area contributed by atoms with E-state index in [-0.39, 0.29) is 31.0 Å². The number of carbonyl (C=O) groups excluding carboxylic acids is 2. The molecule has 2 aromatic rings. The molecule has 3 rings (SSSR count). The quantitative estimate of drug-likeness (QED) is 0.249. The fourth-order valence-electron chi connectivity index (χ4n) is 4.56. The van der Waals surface area contributed by atoms with Gasteiger partial charge >= 0.3 is 0 Å². The molecule has 1 saturated heterocycles. The summed E-state index contributed by atoms with van der Waals surface area (Å²) in [6.07, 6.45) is 7.25. The molecule has 0 aromatic heterocycles. The van der Waals surface area contributed by atoms with E-state index in [1.165, 1.54) is 20.6 Å². The molecule has 1 aliphatic rings. The van der Waals surface area contributed by atoms with E-state index in [4.69, 9.17) is 6.42 Å². The van der Waals surface area contributed by atoms with E-state index in [9.17, 15) is 18.0 Å². The lowest BCUT2D eigenvalue weighted by Gasteiger charge is -2.37. The van der Waals surface area contributed by atoms with Gasteiger partial charge in [0.1, 0.15) is 0 Å². The molecular formula is C26H34N4O4S. The van der Waals surface area contributed by atoms with Crippen molar-refractivity contribution in [1.82, 2.24) is 19.8 Å². The van der Waals surface area contributed by atoms with Gasteiger partial charge in [0.2, 0.25) is 22.7 Å². The highest BCUT2D eigenvalue weighted by molar-refractivity contribution is 7.69. The van der Waals surface area contributed by atoms with Crippen LogP contribution < -0.4 is 10.6 Å². The molecule has 0 bridgehead atoms. The summed E-state index contributed by atoms with van der Waals surface area (Å²) in [6, 6.07) is 15.0. The Morgan fingerprint density at radius 2 is 1.83 bits per heavy atom. The number of piperidine rings is 1. The van der Waals surface area contributed by atoms with Crippen molar-refractivity contribution in [3.05, 3.63) is 48.0 Å². The number of terminal acetylenes is 1. The Bertz CT molecular complexity index is 1120. The molecule has 2 N–H and O–H groups in total. The summed E-state index contributed by atoms with van der Waals surface area (Å²) in [5.41, 5.74) is 1.30. The first-order valence-corrected chi connectivity index (χ1v) is 13.1. The first kappa shape index (κ1) is 26.7. The van der Waals surface area contributed by atoms with Crippen molar-refractivity contribution in [3.8, 4) is 12.3 Å². The number of nitrogens with zero attached hydrogens (tertiary/aromatic N) is 2. The van der Waals surface area contributed by atoms with Gasteiger partial charge in [-0.25, -0.2) is 8.42 Å². The first-order chi connectivity index (χ1) is 16.9. The molecule has 1 atom stereocenters. The second kappa shape index (κ2) is 13.2. The van der Waals surface area contributed by atoms with E-state index in [0.717, 1.165) is 25.9 Å². The molecule has 1 aliphatic heterocycles. The molecule has 1 unspecified atom stereocenters. The molecule has 9 heteroatoms. The van der Waals surface area contributed by atoms with Crippen molar-refractivity contribution in [2.45, 2.75) is 32.2 Å². The normalized spacial score (nSPS) is 15.7. The first-order valence-electron chi connectivity index (χ1n) is 12.0. The topological polar surface area (TPSA) is 98.8 Å². The summed E-state index contributed by atoms with van der Waals surface area (Å²) in [5.74, 6) is 1.73. The number of thiol groups is 1. The standard InChI is InChI=1S/C26H34N4O4S/c1-3-4-14-27-25(31)17-28-26(32)19-30(35(33)34)18-21-12-15-29(16-13-21)20(2)23-11-7-9-22-8-5-6-10-24(22)23/h1,5-11,20-21,35H,4,12-19H2,2H3,(H,27,31)(H,28,32). The van der Waals surface area contributed by atoms with E-state index >= 15 is 0 Å². The van der Waals surface area contributed by atoms with Crippen molar-refractivity contribution in [2.24, 2.45) is 5.92 Å². The monoisotopic (exact) mass is 498 g/mol. The van der Waals surface area contributed by atoms with Crippen LogP contribution in [-0.4, -0.2) is 68.7 Å². The molecular weight excluding hydrogens is 464 g/mol. The Hall–Kier alpha value is -2.93. The van der Waals surface area contributed by atoms with Crippen LogP contribution in [0.2, 0.25) is 0 Å². The summed E-state index contributed by atoms with van der Waals surface area (Å²) in [5, 5.41) is 7.53. The highest BCUT2D eigenvalue weighted by atomic mass is 32.2. The summed E-state index contributed by atoms with van der Waals surface area (Å²) in [7, 11) is -2.90.